The van der Waals surface area contributed by atoms with E-state index >= 15 is 0 Å². The second kappa shape index (κ2) is 16.8. The van der Waals surface area contributed by atoms with E-state index in [9.17, 15) is 0 Å². The van der Waals surface area contributed by atoms with Gasteiger partial charge in [0.2, 0.25) is 0 Å². The average Bonchev–Trinajstić information content (AvgIpc) is 3.06. The van der Waals surface area contributed by atoms with Crippen molar-refractivity contribution in [1.82, 2.24) is 9.97 Å². The molecule has 0 fully saturated rings. The Kier molecular flexibility index (Phi) is 17.8. The van der Waals surface area contributed by atoms with Crippen molar-refractivity contribution in [2.75, 3.05) is 0 Å². The number of thiazole rings is 1. The molecule has 2 nitrogen and oxygen atoms in total. The lowest BCUT2D eigenvalue weighted by atomic mass is 10.2. The molecule has 0 radical (unpaired) electrons. The summed E-state index contributed by atoms with van der Waals surface area (Å²) in [7, 11) is 0. The van der Waals surface area contributed by atoms with Crippen LogP contribution in [0, 0.1) is 0 Å². The smallest absolute Gasteiger partial charge is 0.0794 e. The normalized spacial score (nSPS) is 7.89. The first kappa shape index (κ1) is 20.1. The molecule has 19 heavy (non-hydrogen) atoms. The van der Waals surface area contributed by atoms with E-state index in [0.717, 1.165) is 12.8 Å². The summed E-state index contributed by atoms with van der Waals surface area (Å²) in [5.41, 5.74) is 3.16. The molecule has 0 amide bonds. The molecule has 2 heterocycles. The summed E-state index contributed by atoms with van der Waals surface area (Å²) in [6.45, 7) is 12.3. The highest BCUT2D eigenvalue weighted by molar-refractivity contribution is 7.09. The fraction of sp³-hybridized carbons (Fsp3) is 0.500. The quantitative estimate of drug-likeness (QED) is 0.736. The van der Waals surface area contributed by atoms with Crippen molar-refractivity contribution in [3.8, 4) is 0 Å². The third-order valence-corrected chi connectivity index (χ3v) is 2.89. The van der Waals surface area contributed by atoms with E-state index < -0.39 is 0 Å². The predicted octanol–water partition coefficient (Wildman–Crippen LogP) is 5.40. The van der Waals surface area contributed by atoms with Crippen LogP contribution in [0.15, 0.2) is 36.2 Å². The van der Waals surface area contributed by atoms with Gasteiger partial charge in [-0.1, -0.05) is 47.6 Å². The van der Waals surface area contributed by atoms with Crippen LogP contribution in [-0.4, -0.2) is 9.97 Å². The number of aryl methyl sites for hydroxylation is 2. The van der Waals surface area contributed by atoms with E-state index in [4.69, 9.17) is 0 Å². The molecular weight excluding hydrogens is 252 g/mol. The molecule has 0 N–H and O–H groups in total. The third-order valence-electron chi connectivity index (χ3n) is 1.96. The zero-order valence-electron chi connectivity index (χ0n) is 13.2. The Morgan fingerprint density at radius 3 is 1.89 bits per heavy atom. The van der Waals surface area contributed by atoms with Gasteiger partial charge in [0.15, 0.2) is 0 Å². The Bertz CT molecular complexity index is 344. The summed E-state index contributed by atoms with van der Waals surface area (Å²) in [4.78, 5) is 9.23. The van der Waals surface area contributed by atoms with Gasteiger partial charge in [-0.2, -0.15) is 0 Å². The maximum atomic E-state index is 3.96. The van der Waals surface area contributed by atoms with E-state index in [1.165, 1.54) is 10.4 Å². The van der Waals surface area contributed by atoms with E-state index in [0.29, 0.717) is 0 Å². The first-order valence-corrected chi connectivity index (χ1v) is 8.01. The van der Waals surface area contributed by atoms with Gasteiger partial charge < -0.3 is 0 Å². The molecule has 0 aliphatic carbocycles. The molecule has 0 aliphatic heterocycles. The van der Waals surface area contributed by atoms with Gasteiger partial charge in [-0.25, -0.2) is 0 Å². The first-order chi connectivity index (χ1) is 9.36. The molecule has 2 aromatic rings. The largest absolute Gasteiger partial charge is 0.264 e. The zero-order valence-corrected chi connectivity index (χ0v) is 14.0. The van der Waals surface area contributed by atoms with Gasteiger partial charge in [0, 0.05) is 23.5 Å². The van der Waals surface area contributed by atoms with Crippen LogP contribution in [0.3, 0.4) is 0 Å². The molecule has 0 spiro atoms. The molecular formula is C16H28N2S. The minimum absolute atomic E-state index is 1.08. The average molecular weight is 280 g/mol. The zero-order chi connectivity index (χ0) is 14.9. The Morgan fingerprint density at radius 2 is 1.63 bits per heavy atom. The lowest BCUT2D eigenvalue weighted by molar-refractivity contribution is 1.10. The lowest BCUT2D eigenvalue weighted by Gasteiger charge is -1.88. The Labute approximate surface area is 123 Å². The van der Waals surface area contributed by atoms with Crippen molar-refractivity contribution >= 4 is 11.3 Å². The van der Waals surface area contributed by atoms with Gasteiger partial charge in [0.25, 0.3) is 0 Å². The van der Waals surface area contributed by atoms with Crippen LogP contribution in [-0.2, 0) is 12.8 Å². The van der Waals surface area contributed by atoms with Crippen molar-refractivity contribution in [2.24, 2.45) is 0 Å². The summed E-state index contributed by atoms with van der Waals surface area (Å²) in [6.07, 6.45) is 7.78. The van der Waals surface area contributed by atoms with Crippen LogP contribution in [0.4, 0.5) is 0 Å². The fourth-order valence-electron chi connectivity index (χ4n) is 1.02. The standard InChI is InChI=1S/C7H9N.C5H7NS.2C2H6/c1-2-7-4-3-5-8-6-7;1-2-5-3-6-4-7-5;2*1-2/h3-6H,2H2,1H3;3-4H,2H2,1H3;2*1-2H3. The van der Waals surface area contributed by atoms with Crippen LogP contribution in [0.2, 0.25) is 0 Å². The van der Waals surface area contributed by atoms with E-state index in [1.54, 1.807) is 17.5 Å². The fourth-order valence-corrected chi connectivity index (χ4v) is 1.57. The predicted molar refractivity (Wildman–Crippen MR) is 87.8 cm³/mol. The monoisotopic (exact) mass is 280 g/mol. The van der Waals surface area contributed by atoms with Gasteiger partial charge in [-0.15, -0.1) is 11.3 Å². The van der Waals surface area contributed by atoms with Gasteiger partial charge in [-0.05, 0) is 24.5 Å². The minimum atomic E-state index is 1.08. The van der Waals surface area contributed by atoms with Gasteiger partial charge in [0.1, 0.15) is 0 Å². The minimum Gasteiger partial charge on any atom is -0.264 e. The number of pyridine rings is 1. The summed E-state index contributed by atoms with van der Waals surface area (Å²) < 4.78 is 0. The van der Waals surface area contributed by atoms with E-state index in [1.807, 2.05) is 51.7 Å². The molecule has 0 aromatic carbocycles. The SMILES string of the molecule is CC.CC.CCc1cccnc1.CCc1cncs1. The van der Waals surface area contributed by atoms with Crippen LogP contribution < -0.4 is 0 Å². The molecule has 108 valence electrons. The molecule has 0 unspecified atom stereocenters. The van der Waals surface area contributed by atoms with E-state index in [-0.39, 0.29) is 0 Å². The van der Waals surface area contributed by atoms with Crippen LogP contribution in [0.5, 0.6) is 0 Å². The van der Waals surface area contributed by atoms with Crippen molar-refractivity contribution in [3.05, 3.63) is 46.7 Å². The highest BCUT2D eigenvalue weighted by Gasteiger charge is 1.84. The highest BCUT2D eigenvalue weighted by atomic mass is 32.1. The maximum absolute atomic E-state index is 3.96. The topological polar surface area (TPSA) is 25.8 Å². The summed E-state index contributed by atoms with van der Waals surface area (Å²) in [5, 5.41) is 0. The summed E-state index contributed by atoms with van der Waals surface area (Å²) in [6, 6.07) is 4.03. The van der Waals surface area contributed by atoms with Crippen molar-refractivity contribution in [2.45, 2.75) is 54.4 Å². The van der Waals surface area contributed by atoms with Crippen molar-refractivity contribution in [3.63, 3.8) is 0 Å². The second-order valence-electron chi connectivity index (χ2n) is 3.04. The molecule has 0 bridgehead atoms. The van der Waals surface area contributed by atoms with Crippen LogP contribution >= 0.6 is 11.3 Å². The van der Waals surface area contributed by atoms with E-state index in [2.05, 4.69) is 29.9 Å². The lowest BCUT2D eigenvalue weighted by Crippen LogP contribution is -1.77. The second-order valence-corrected chi connectivity index (χ2v) is 4.01. The highest BCUT2D eigenvalue weighted by Crippen LogP contribution is 2.04. The number of aromatic nitrogens is 2. The van der Waals surface area contributed by atoms with Gasteiger partial charge >= 0.3 is 0 Å². The number of hydrogen-bond acceptors (Lipinski definition) is 3. The van der Waals surface area contributed by atoms with Gasteiger partial charge in [0.05, 0.1) is 5.51 Å². The molecule has 0 saturated heterocycles. The Morgan fingerprint density at radius 1 is 0.947 bits per heavy atom. The molecule has 0 aliphatic rings. The Balaban J connectivity index is 0. The molecule has 2 aromatic heterocycles. The molecule has 0 atom stereocenters. The number of nitrogens with zero attached hydrogens (tertiary/aromatic N) is 2. The molecule has 0 saturated carbocycles. The van der Waals surface area contributed by atoms with Crippen LogP contribution in [0.25, 0.3) is 0 Å². The summed E-state index contributed by atoms with van der Waals surface area (Å²) in [5.74, 6) is 0. The van der Waals surface area contributed by atoms with Crippen molar-refractivity contribution < 1.29 is 0 Å². The molecule has 3 heteroatoms. The summed E-state index contributed by atoms with van der Waals surface area (Å²) >= 11 is 1.71. The Hall–Kier alpha value is -1.22. The van der Waals surface area contributed by atoms with Crippen molar-refractivity contribution in [1.29, 1.82) is 0 Å². The number of rotatable bonds is 2. The molecule has 2 rings (SSSR count). The third kappa shape index (κ3) is 11.6. The van der Waals surface area contributed by atoms with Gasteiger partial charge in [-0.3, -0.25) is 9.97 Å². The maximum Gasteiger partial charge on any atom is 0.0794 e. The number of hydrogen-bond donors (Lipinski definition) is 0. The van der Waals surface area contributed by atoms with Crippen LogP contribution in [0.1, 0.15) is 52.0 Å². The first-order valence-electron chi connectivity index (χ1n) is 7.13.